The SMILES string of the molecule is CO/N=C(\C)c1ccc(C2(C3CCN(C(C)CCNC(=O)c4c(C)ncnc4C)CC3)Oc3ccccc3O2)cc1. The number of benzene rings is 2. The molecule has 0 aliphatic carbocycles. The van der Waals surface area contributed by atoms with E-state index in [1.54, 1.807) is 7.11 Å². The van der Waals surface area contributed by atoms with Gasteiger partial charge in [0.25, 0.3) is 11.7 Å². The number of likely N-dealkylation sites (tertiary alicyclic amines) is 1. The highest BCUT2D eigenvalue weighted by Gasteiger charge is 2.51. The molecule has 3 aromatic rings. The maximum Gasteiger partial charge on any atom is 0.281 e. The number of aromatic nitrogens is 2. The second kappa shape index (κ2) is 12.3. The fourth-order valence-corrected chi connectivity index (χ4v) is 5.93. The maximum atomic E-state index is 12.7. The number of ether oxygens (including phenoxy) is 2. The molecule has 9 nitrogen and oxygen atoms in total. The number of hydrogen-bond acceptors (Lipinski definition) is 8. The van der Waals surface area contributed by atoms with Crippen molar-refractivity contribution in [2.75, 3.05) is 26.7 Å². The van der Waals surface area contributed by atoms with Gasteiger partial charge in [-0.2, -0.15) is 0 Å². The van der Waals surface area contributed by atoms with E-state index in [1.165, 1.54) is 6.33 Å². The molecule has 1 saturated heterocycles. The number of nitrogens with one attached hydrogen (secondary N) is 1. The summed E-state index contributed by atoms with van der Waals surface area (Å²) in [6.45, 7) is 10.3. The number of fused-ring (bicyclic) bond motifs is 1. The Kier molecular flexibility index (Phi) is 8.54. The molecule has 1 amide bonds. The Morgan fingerprint density at radius 2 is 1.68 bits per heavy atom. The second-order valence-corrected chi connectivity index (χ2v) is 10.9. The minimum atomic E-state index is -0.884. The maximum absolute atomic E-state index is 12.7. The van der Waals surface area contributed by atoms with Gasteiger partial charge in [-0.3, -0.25) is 4.79 Å². The van der Waals surface area contributed by atoms with Crippen molar-refractivity contribution in [1.82, 2.24) is 20.2 Å². The second-order valence-electron chi connectivity index (χ2n) is 10.9. The molecule has 5 rings (SSSR count). The predicted octanol–water partition coefficient (Wildman–Crippen LogP) is 5.01. The molecule has 41 heavy (non-hydrogen) atoms. The normalized spacial score (nSPS) is 17.7. The van der Waals surface area contributed by atoms with Gasteiger partial charge in [0, 0.05) is 24.1 Å². The van der Waals surface area contributed by atoms with E-state index in [9.17, 15) is 4.79 Å². The zero-order valence-corrected chi connectivity index (χ0v) is 24.5. The topological polar surface area (TPSA) is 98.2 Å². The smallest absolute Gasteiger partial charge is 0.281 e. The number of aryl methyl sites for hydroxylation is 2. The van der Waals surface area contributed by atoms with Crippen LogP contribution in [0.25, 0.3) is 0 Å². The molecule has 0 saturated carbocycles. The molecule has 1 unspecified atom stereocenters. The molecule has 1 fully saturated rings. The Morgan fingerprint density at radius 3 is 2.27 bits per heavy atom. The third-order valence-electron chi connectivity index (χ3n) is 8.30. The number of carbonyl (C=O) groups is 1. The number of para-hydroxylation sites is 2. The van der Waals surface area contributed by atoms with Crippen molar-refractivity contribution < 1.29 is 19.1 Å². The van der Waals surface area contributed by atoms with Gasteiger partial charge in [0.2, 0.25) is 0 Å². The number of nitrogens with zero attached hydrogens (tertiary/aromatic N) is 4. The van der Waals surface area contributed by atoms with Crippen LogP contribution in [-0.4, -0.2) is 59.3 Å². The first-order valence-electron chi connectivity index (χ1n) is 14.3. The number of hydrogen-bond donors (Lipinski definition) is 1. The number of amides is 1. The fourth-order valence-electron chi connectivity index (χ4n) is 5.93. The van der Waals surface area contributed by atoms with Crippen LogP contribution in [0.1, 0.15) is 66.0 Å². The molecule has 1 atom stereocenters. The molecular weight excluding hydrogens is 518 g/mol. The highest BCUT2D eigenvalue weighted by atomic mass is 16.7. The predicted molar refractivity (Wildman–Crippen MR) is 157 cm³/mol. The number of carbonyl (C=O) groups excluding carboxylic acids is 1. The van der Waals surface area contributed by atoms with Crippen LogP contribution in [0, 0.1) is 19.8 Å². The Hall–Kier alpha value is -3.98. The lowest BCUT2D eigenvalue weighted by molar-refractivity contribution is -0.149. The lowest BCUT2D eigenvalue weighted by atomic mass is 9.83. The third kappa shape index (κ3) is 5.91. The van der Waals surface area contributed by atoms with Gasteiger partial charge in [-0.05, 0) is 77.7 Å². The molecule has 3 heterocycles. The van der Waals surface area contributed by atoms with Crippen LogP contribution in [0.2, 0.25) is 0 Å². The molecule has 0 bridgehead atoms. The van der Waals surface area contributed by atoms with Gasteiger partial charge in [-0.15, -0.1) is 0 Å². The summed E-state index contributed by atoms with van der Waals surface area (Å²) in [5.41, 5.74) is 4.76. The minimum Gasteiger partial charge on any atom is -0.444 e. The summed E-state index contributed by atoms with van der Waals surface area (Å²) < 4.78 is 13.3. The molecule has 9 heteroatoms. The summed E-state index contributed by atoms with van der Waals surface area (Å²) in [5.74, 6) is 0.717. The van der Waals surface area contributed by atoms with Crippen LogP contribution in [0.15, 0.2) is 60.0 Å². The third-order valence-corrected chi connectivity index (χ3v) is 8.30. The lowest BCUT2D eigenvalue weighted by Gasteiger charge is -2.42. The molecule has 2 aliphatic heterocycles. The van der Waals surface area contributed by atoms with Gasteiger partial charge in [0.1, 0.15) is 13.4 Å². The van der Waals surface area contributed by atoms with Crippen molar-refractivity contribution in [2.24, 2.45) is 11.1 Å². The first-order chi connectivity index (χ1) is 19.8. The Morgan fingerprint density at radius 1 is 1.07 bits per heavy atom. The average molecular weight is 558 g/mol. The van der Waals surface area contributed by atoms with E-state index in [0.29, 0.717) is 29.5 Å². The van der Waals surface area contributed by atoms with Gasteiger partial charge in [-0.1, -0.05) is 41.6 Å². The molecule has 1 N–H and O–H groups in total. The van der Waals surface area contributed by atoms with Crippen molar-refractivity contribution in [3.05, 3.63) is 82.9 Å². The monoisotopic (exact) mass is 557 g/mol. The Balaban J connectivity index is 1.23. The van der Waals surface area contributed by atoms with Crippen LogP contribution in [0.4, 0.5) is 0 Å². The number of piperidine rings is 1. The van der Waals surface area contributed by atoms with Gasteiger partial charge >= 0.3 is 0 Å². The number of rotatable bonds is 9. The van der Waals surface area contributed by atoms with Crippen LogP contribution in [0.5, 0.6) is 11.5 Å². The Bertz CT molecular complexity index is 1350. The van der Waals surface area contributed by atoms with E-state index in [-0.39, 0.29) is 11.8 Å². The summed E-state index contributed by atoms with van der Waals surface area (Å²) in [5, 5.41) is 7.12. The summed E-state index contributed by atoms with van der Waals surface area (Å²) in [6.07, 6.45) is 4.20. The van der Waals surface area contributed by atoms with Crippen molar-refractivity contribution in [1.29, 1.82) is 0 Å². The van der Waals surface area contributed by atoms with Gasteiger partial charge in [0.05, 0.1) is 22.7 Å². The van der Waals surface area contributed by atoms with E-state index in [0.717, 1.165) is 60.7 Å². The average Bonchev–Trinajstić information content (AvgIpc) is 3.38. The first kappa shape index (κ1) is 28.5. The largest absolute Gasteiger partial charge is 0.444 e. The summed E-state index contributed by atoms with van der Waals surface area (Å²) in [7, 11) is 1.55. The molecule has 2 aromatic carbocycles. The molecule has 0 spiro atoms. The van der Waals surface area contributed by atoms with E-state index >= 15 is 0 Å². The molecule has 2 aliphatic rings. The highest BCUT2D eigenvalue weighted by molar-refractivity contribution is 5.98. The summed E-state index contributed by atoms with van der Waals surface area (Å²) in [4.78, 5) is 28.5. The van der Waals surface area contributed by atoms with Gasteiger partial charge in [-0.25, -0.2) is 9.97 Å². The van der Waals surface area contributed by atoms with E-state index in [2.05, 4.69) is 44.4 Å². The summed E-state index contributed by atoms with van der Waals surface area (Å²) in [6, 6.07) is 16.5. The Labute approximate surface area is 241 Å². The van der Waals surface area contributed by atoms with E-state index in [4.69, 9.17) is 14.3 Å². The highest BCUT2D eigenvalue weighted by Crippen LogP contribution is 2.50. The standard InChI is InChI=1S/C32H39N5O4/c1-21(14-17-33-31(38)30-23(3)34-20-35-24(30)4)37-18-15-27(16-19-37)32(40-28-8-6-7-9-29(28)41-32)26-12-10-25(11-13-26)22(2)36-39-5/h6-13,20-21,27H,14-19H2,1-5H3,(H,33,38)/b36-22+. The van der Waals surface area contributed by atoms with Crippen molar-refractivity contribution in [2.45, 2.75) is 58.8 Å². The van der Waals surface area contributed by atoms with Gasteiger partial charge in [0.15, 0.2) is 11.5 Å². The van der Waals surface area contributed by atoms with Crippen molar-refractivity contribution in [3.63, 3.8) is 0 Å². The first-order valence-corrected chi connectivity index (χ1v) is 14.3. The van der Waals surface area contributed by atoms with Gasteiger partial charge < -0.3 is 24.5 Å². The quantitative estimate of drug-likeness (QED) is 0.292. The zero-order valence-electron chi connectivity index (χ0n) is 24.5. The van der Waals surface area contributed by atoms with E-state index < -0.39 is 5.79 Å². The number of oxime groups is 1. The molecule has 0 radical (unpaired) electrons. The minimum absolute atomic E-state index is 0.113. The zero-order chi connectivity index (χ0) is 29.0. The van der Waals surface area contributed by atoms with Crippen molar-refractivity contribution in [3.8, 4) is 11.5 Å². The fraction of sp³-hybridized carbons (Fsp3) is 0.438. The molecular formula is C32H39N5O4. The lowest BCUT2D eigenvalue weighted by Crippen LogP contribution is -2.50. The van der Waals surface area contributed by atoms with Crippen molar-refractivity contribution >= 4 is 11.6 Å². The molecule has 1 aromatic heterocycles. The van der Waals surface area contributed by atoms with Crippen LogP contribution < -0.4 is 14.8 Å². The van der Waals surface area contributed by atoms with Crippen LogP contribution in [0.3, 0.4) is 0 Å². The molecule has 216 valence electrons. The van der Waals surface area contributed by atoms with E-state index in [1.807, 2.05) is 57.2 Å². The van der Waals surface area contributed by atoms with Crippen LogP contribution >= 0.6 is 0 Å². The summed E-state index contributed by atoms with van der Waals surface area (Å²) >= 11 is 0. The van der Waals surface area contributed by atoms with Crippen LogP contribution in [-0.2, 0) is 10.6 Å².